The number of hydrogen-bond donors (Lipinski definition) is 2. The van der Waals surface area contributed by atoms with E-state index in [9.17, 15) is 9.59 Å². The van der Waals surface area contributed by atoms with Gasteiger partial charge in [-0.05, 0) is 6.92 Å². The van der Waals surface area contributed by atoms with Crippen LogP contribution in [0.4, 0.5) is 4.79 Å². The first-order valence-electron chi connectivity index (χ1n) is 3.42. The van der Waals surface area contributed by atoms with Crippen molar-refractivity contribution in [2.24, 2.45) is 5.73 Å². The molecule has 0 unspecified atom stereocenters. The van der Waals surface area contributed by atoms with Crippen molar-refractivity contribution in [3.63, 3.8) is 0 Å². The molecule has 74 valence electrons. The monoisotopic (exact) mass is 187 g/mol. The first-order valence-corrected chi connectivity index (χ1v) is 3.42. The molecule has 0 bridgehead atoms. The summed E-state index contributed by atoms with van der Waals surface area (Å²) in [6.07, 6.45) is 0.486. The molecule has 5 heteroatoms. The van der Waals surface area contributed by atoms with Gasteiger partial charge in [-0.1, -0.05) is 19.2 Å². The summed E-state index contributed by atoms with van der Waals surface area (Å²) in [6, 6.07) is 0. The minimum absolute atomic E-state index is 0.0278. The summed E-state index contributed by atoms with van der Waals surface area (Å²) in [5.41, 5.74) is 4.57. The number of nitrogens with two attached hydrogens (primary N) is 1. The van der Waals surface area contributed by atoms with E-state index in [1.807, 2.05) is 0 Å². The fraction of sp³-hybridized carbons (Fsp3) is 0.250. The molecule has 0 heterocycles. The molecule has 0 aliphatic carbocycles. The number of carbonyl (C=O) groups is 2. The molecule has 0 spiro atoms. The van der Waals surface area contributed by atoms with Crippen molar-refractivity contribution in [2.45, 2.75) is 6.92 Å². The number of primary amides is 1. The van der Waals surface area contributed by atoms with Crippen LogP contribution in [0.3, 0.4) is 0 Å². The number of amides is 1. The van der Waals surface area contributed by atoms with Crippen LogP contribution in [-0.2, 0) is 9.53 Å². The summed E-state index contributed by atoms with van der Waals surface area (Å²) in [5, 5.41) is 8.01. The van der Waals surface area contributed by atoms with Crippen molar-refractivity contribution >= 4 is 12.1 Å². The van der Waals surface area contributed by atoms with E-state index in [0.717, 1.165) is 0 Å². The van der Waals surface area contributed by atoms with E-state index in [1.165, 1.54) is 6.08 Å². The third-order valence-electron chi connectivity index (χ3n) is 0.808. The van der Waals surface area contributed by atoms with Gasteiger partial charge in [-0.15, -0.1) is 0 Å². The Hall–Kier alpha value is -1.78. The summed E-state index contributed by atoms with van der Waals surface area (Å²) in [7, 11) is 0. The molecular formula is C8H13NO4. The maximum Gasteiger partial charge on any atom is 0.404 e. The lowest BCUT2D eigenvalue weighted by Crippen LogP contribution is -2.11. The Balaban J connectivity index is 0. The minimum Gasteiger partial charge on any atom is -0.478 e. The van der Waals surface area contributed by atoms with E-state index in [1.54, 1.807) is 6.92 Å². The van der Waals surface area contributed by atoms with Crippen LogP contribution in [0.2, 0.25) is 0 Å². The summed E-state index contributed by atoms with van der Waals surface area (Å²) >= 11 is 0. The molecule has 0 atom stereocenters. The van der Waals surface area contributed by atoms with Gasteiger partial charge in [0.1, 0.15) is 0 Å². The first-order chi connectivity index (χ1) is 5.95. The average Bonchev–Trinajstić information content (AvgIpc) is 2.03. The molecule has 0 rings (SSSR count). The van der Waals surface area contributed by atoms with E-state index in [4.69, 9.17) is 5.11 Å². The highest BCUT2D eigenvalue weighted by Gasteiger charge is 1.93. The van der Waals surface area contributed by atoms with Gasteiger partial charge in [-0.25, -0.2) is 9.59 Å². The van der Waals surface area contributed by atoms with Crippen molar-refractivity contribution in [3.8, 4) is 0 Å². The lowest BCUT2D eigenvalue weighted by atomic mass is 10.3. The number of ether oxygens (including phenoxy) is 1. The Bertz CT molecular complexity index is 210. The van der Waals surface area contributed by atoms with Gasteiger partial charge < -0.3 is 15.6 Å². The van der Waals surface area contributed by atoms with Crippen molar-refractivity contribution < 1.29 is 19.4 Å². The second kappa shape index (κ2) is 8.32. The molecular weight excluding hydrogens is 174 g/mol. The van der Waals surface area contributed by atoms with Gasteiger partial charge in [0.05, 0.1) is 12.2 Å². The van der Waals surface area contributed by atoms with E-state index < -0.39 is 12.1 Å². The highest BCUT2D eigenvalue weighted by molar-refractivity contribution is 5.88. The van der Waals surface area contributed by atoms with E-state index in [2.05, 4.69) is 23.6 Å². The Morgan fingerprint density at radius 3 is 2.08 bits per heavy atom. The highest BCUT2D eigenvalue weighted by Crippen LogP contribution is 1.86. The highest BCUT2D eigenvalue weighted by atomic mass is 16.5. The number of carboxylic acids is 1. The second-order valence-corrected chi connectivity index (χ2v) is 1.79. The molecule has 3 N–H and O–H groups in total. The Kier molecular flexibility index (Phi) is 8.82. The average molecular weight is 187 g/mol. The molecule has 0 aliphatic rings. The van der Waals surface area contributed by atoms with Gasteiger partial charge in [-0.2, -0.15) is 0 Å². The Labute approximate surface area is 76.5 Å². The standard InChI is InChI=1S/C5H6O2.C3H7NO2/c1-3-4(2)5(6)7;1-2-6-3(4)5/h3H,1-2H2,(H,6,7);2H2,1H3,(H2,4,5). The van der Waals surface area contributed by atoms with Gasteiger partial charge in [0.25, 0.3) is 0 Å². The van der Waals surface area contributed by atoms with E-state index in [-0.39, 0.29) is 5.57 Å². The SMILES string of the molecule is C=CC(=C)C(=O)O.CCOC(N)=O. The number of hydrogen-bond acceptors (Lipinski definition) is 3. The molecule has 0 saturated heterocycles. The first kappa shape index (κ1) is 13.8. The third kappa shape index (κ3) is 13.2. The molecule has 0 aromatic rings. The lowest BCUT2D eigenvalue weighted by molar-refractivity contribution is -0.132. The molecule has 0 aromatic heterocycles. The molecule has 0 fully saturated rings. The van der Waals surface area contributed by atoms with Crippen molar-refractivity contribution in [2.75, 3.05) is 6.61 Å². The molecule has 1 amide bonds. The van der Waals surface area contributed by atoms with Crippen LogP contribution in [0, 0.1) is 0 Å². The number of carbonyl (C=O) groups excluding carboxylic acids is 1. The zero-order valence-corrected chi connectivity index (χ0v) is 7.45. The third-order valence-corrected chi connectivity index (χ3v) is 0.808. The number of carboxylic acid groups (broad SMARTS) is 1. The number of rotatable bonds is 3. The topological polar surface area (TPSA) is 89.6 Å². The summed E-state index contributed by atoms with van der Waals surface area (Å²) in [5.74, 6) is -1.02. The quantitative estimate of drug-likeness (QED) is 0.507. The van der Waals surface area contributed by atoms with Gasteiger partial charge in [0, 0.05) is 0 Å². The van der Waals surface area contributed by atoms with Gasteiger partial charge >= 0.3 is 12.1 Å². The predicted molar refractivity (Wildman–Crippen MR) is 48.2 cm³/mol. The Morgan fingerprint density at radius 2 is 2.08 bits per heavy atom. The smallest absolute Gasteiger partial charge is 0.404 e. The van der Waals surface area contributed by atoms with Gasteiger partial charge in [0.2, 0.25) is 0 Å². The number of aliphatic carboxylic acids is 1. The van der Waals surface area contributed by atoms with Crippen LogP contribution in [0.15, 0.2) is 24.8 Å². The predicted octanol–water partition coefficient (Wildman–Crippen LogP) is 0.915. The van der Waals surface area contributed by atoms with Gasteiger partial charge in [0.15, 0.2) is 0 Å². The molecule has 0 saturated carbocycles. The van der Waals surface area contributed by atoms with E-state index >= 15 is 0 Å². The van der Waals surface area contributed by atoms with Crippen molar-refractivity contribution in [1.82, 2.24) is 0 Å². The Morgan fingerprint density at radius 1 is 1.62 bits per heavy atom. The van der Waals surface area contributed by atoms with Crippen LogP contribution in [0.25, 0.3) is 0 Å². The van der Waals surface area contributed by atoms with Crippen LogP contribution in [0.5, 0.6) is 0 Å². The molecule has 0 radical (unpaired) electrons. The van der Waals surface area contributed by atoms with Crippen LogP contribution in [-0.4, -0.2) is 23.8 Å². The summed E-state index contributed by atoms with van der Waals surface area (Å²) in [6.45, 7) is 8.41. The maximum absolute atomic E-state index is 9.76. The fourth-order valence-corrected chi connectivity index (χ4v) is 0.230. The molecule has 0 aliphatic heterocycles. The van der Waals surface area contributed by atoms with Crippen LogP contribution in [0.1, 0.15) is 6.92 Å². The van der Waals surface area contributed by atoms with Crippen LogP contribution >= 0.6 is 0 Å². The summed E-state index contributed by atoms with van der Waals surface area (Å²) < 4.78 is 4.18. The summed E-state index contributed by atoms with van der Waals surface area (Å²) in [4.78, 5) is 19.4. The largest absolute Gasteiger partial charge is 0.478 e. The van der Waals surface area contributed by atoms with Crippen LogP contribution < -0.4 is 5.73 Å². The molecule has 5 nitrogen and oxygen atoms in total. The zero-order valence-electron chi connectivity index (χ0n) is 7.45. The molecule has 13 heavy (non-hydrogen) atoms. The zero-order chi connectivity index (χ0) is 10.9. The minimum atomic E-state index is -1.02. The van der Waals surface area contributed by atoms with E-state index in [0.29, 0.717) is 6.61 Å². The maximum atomic E-state index is 9.76. The second-order valence-electron chi connectivity index (χ2n) is 1.79. The lowest BCUT2D eigenvalue weighted by Gasteiger charge is -1.89. The molecule has 0 aromatic carbocycles. The normalized spacial score (nSPS) is 7.46. The van der Waals surface area contributed by atoms with Crippen molar-refractivity contribution in [1.29, 1.82) is 0 Å². The fourth-order valence-electron chi connectivity index (χ4n) is 0.230. The van der Waals surface area contributed by atoms with Crippen molar-refractivity contribution in [3.05, 3.63) is 24.8 Å². The van der Waals surface area contributed by atoms with Gasteiger partial charge in [-0.3, -0.25) is 0 Å².